The lowest BCUT2D eigenvalue weighted by Crippen LogP contribution is -1.99. The molecule has 1 N–H and O–H groups in total. The number of ether oxygens (including phenoxy) is 2. The fourth-order valence-corrected chi connectivity index (χ4v) is 1.61. The van der Waals surface area contributed by atoms with Gasteiger partial charge in [0.15, 0.2) is 17.4 Å². The van der Waals surface area contributed by atoms with Crippen LogP contribution in [0.15, 0.2) is 104 Å². The molecule has 0 saturated carbocycles. The van der Waals surface area contributed by atoms with Gasteiger partial charge in [-0.1, -0.05) is 38.5 Å². The number of methoxy groups -OCH3 is 1. The van der Waals surface area contributed by atoms with Crippen molar-refractivity contribution in [1.82, 2.24) is 0 Å². The molecule has 0 aliphatic carbocycles. The zero-order valence-electron chi connectivity index (χ0n) is 15.7. The van der Waals surface area contributed by atoms with Crippen molar-refractivity contribution in [2.45, 2.75) is 0 Å². The van der Waals surface area contributed by atoms with Gasteiger partial charge in [0, 0.05) is 11.6 Å². The van der Waals surface area contributed by atoms with Gasteiger partial charge in [-0.15, -0.1) is 13.2 Å². The first kappa shape index (κ1) is 24.6. The van der Waals surface area contributed by atoms with Crippen LogP contribution in [0.3, 0.4) is 0 Å². The fraction of sp³-hybridized carbons (Fsp3) is 0.0909. The summed E-state index contributed by atoms with van der Waals surface area (Å²) in [6.45, 7) is 20.0. The van der Waals surface area contributed by atoms with E-state index < -0.39 is 29.0 Å². The Balaban J connectivity index is 0.00000352. The van der Waals surface area contributed by atoms with Crippen molar-refractivity contribution in [3.05, 3.63) is 110 Å². The van der Waals surface area contributed by atoms with Gasteiger partial charge < -0.3 is 14.6 Å². The van der Waals surface area contributed by atoms with Crippen LogP contribution in [0, 0.1) is 5.82 Å². The van der Waals surface area contributed by atoms with Gasteiger partial charge >= 0.3 is 0 Å². The Morgan fingerprint density at radius 1 is 1.07 bits per heavy atom. The standard InChI is InChI=1S/C20H19F3O3.C2H4/c1-12(11-26-16-8-9-18(24)17(21)10-16)6-7-13(2)14(3)19(22)20(23)15(4)25-5;1-2/h6-10,24H,1-4,11H2,5H3;1-2H2/b7-6-,20-19-;. The van der Waals surface area contributed by atoms with Crippen LogP contribution < -0.4 is 4.74 Å². The van der Waals surface area contributed by atoms with Crippen molar-refractivity contribution in [2.24, 2.45) is 0 Å². The number of rotatable bonds is 9. The van der Waals surface area contributed by atoms with Gasteiger partial charge in [0.2, 0.25) is 5.83 Å². The second-order valence-corrected chi connectivity index (χ2v) is 5.15. The van der Waals surface area contributed by atoms with E-state index in [1.807, 2.05) is 0 Å². The molecule has 28 heavy (non-hydrogen) atoms. The maximum atomic E-state index is 13.9. The van der Waals surface area contributed by atoms with Crippen LogP contribution >= 0.6 is 0 Å². The number of hydrogen-bond acceptors (Lipinski definition) is 3. The number of aromatic hydroxyl groups is 1. The van der Waals surface area contributed by atoms with Gasteiger partial charge in [-0.2, -0.15) is 4.39 Å². The zero-order chi connectivity index (χ0) is 21.9. The maximum absolute atomic E-state index is 13.9. The van der Waals surface area contributed by atoms with E-state index in [1.54, 1.807) is 0 Å². The molecule has 0 spiro atoms. The number of hydrogen-bond donors (Lipinski definition) is 1. The Morgan fingerprint density at radius 3 is 2.21 bits per heavy atom. The van der Waals surface area contributed by atoms with Gasteiger partial charge in [-0.25, -0.2) is 8.78 Å². The minimum Gasteiger partial charge on any atom is -0.505 e. The molecule has 0 unspecified atom stereocenters. The predicted octanol–water partition coefficient (Wildman–Crippen LogP) is 6.25. The molecule has 0 bridgehead atoms. The van der Waals surface area contributed by atoms with E-state index in [1.165, 1.54) is 18.2 Å². The van der Waals surface area contributed by atoms with Crippen molar-refractivity contribution < 1.29 is 27.8 Å². The van der Waals surface area contributed by atoms with Crippen molar-refractivity contribution in [1.29, 1.82) is 0 Å². The molecule has 0 aliphatic rings. The van der Waals surface area contributed by atoms with E-state index in [9.17, 15) is 13.2 Å². The molecule has 1 aromatic carbocycles. The Kier molecular flexibility index (Phi) is 10.6. The Hall–Kier alpha value is -3.41. The molecule has 0 aromatic heterocycles. The quantitative estimate of drug-likeness (QED) is 0.307. The molecule has 0 heterocycles. The largest absolute Gasteiger partial charge is 0.505 e. The van der Waals surface area contributed by atoms with Gasteiger partial charge in [0.25, 0.3) is 0 Å². The van der Waals surface area contributed by atoms with Crippen LogP contribution in [-0.4, -0.2) is 18.8 Å². The van der Waals surface area contributed by atoms with Crippen LogP contribution in [0.2, 0.25) is 0 Å². The second kappa shape index (κ2) is 12.1. The highest BCUT2D eigenvalue weighted by atomic mass is 19.2. The molecular weight excluding hydrogens is 369 g/mol. The molecular formula is C22H23F3O3. The lowest BCUT2D eigenvalue weighted by atomic mass is 10.1. The van der Waals surface area contributed by atoms with Gasteiger partial charge in [-0.05, 0) is 23.3 Å². The lowest BCUT2D eigenvalue weighted by Gasteiger charge is -2.08. The third kappa shape index (κ3) is 7.45. The zero-order valence-corrected chi connectivity index (χ0v) is 15.7. The van der Waals surface area contributed by atoms with Crippen molar-refractivity contribution in [2.75, 3.05) is 13.7 Å². The number of phenolic OH excluding ortho intramolecular Hbond substituents is 1. The summed E-state index contributed by atoms with van der Waals surface area (Å²) >= 11 is 0. The lowest BCUT2D eigenvalue weighted by molar-refractivity contribution is 0.281. The minimum atomic E-state index is -1.26. The van der Waals surface area contributed by atoms with Gasteiger partial charge in [-0.3, -0.25) is 0 Å². The summed E-state index contributed by atoms with van der Waals surface area (Å²) in [5.74, 6) is -4.04. The first-order valence-electron chi connectivity index (χ1n) is 7.81. The summed E-state index contributed by atoms with van der Waals surface area (Å²) in [6.07, 6.45) is 2.86. The molecule has 1 aromatic rings. The minimum absolute atomic E-state index is 0.00757. The van der Waals surface area contributed by atoms with E-state index >= 15 is 0 Å². The molecule has 3 nitrogen and oxygen atoms in total. The molecule has 150 valence electrons. The highest BCUT2D eigenvalue weighted by Crippen LogP contribution is 2.27. The fourth-order valence-electron chi connectivity index (χ4n) is 1.61. The van der Waals surface area contributed by atoms with Crippen LogP contribution in [0.25, 0.3) is 0 Å². The predicted molar refractivity (Wildman–Crippen MR) is 107 cm³/mol. The monoisotopic (exact) mass is 392 g/mol. The normalized spacial score (nSPS) is 11.0. The van der Waals surface area contributed by atoms with Crippen LogP contribution in [-0.2, 0) is 4.74 Å². The van der Waals surface area contributed by atoms with E-state index in [0.29, 0.717) is 5.57 Å². The highest BCUT2D eigenvalue weighted by Gasteiger charge is 2.14. The van der Waals surface area contributed by atoms with Crippen molar-refractivity contribution in [3.8, 4) is 11.5 Å². The van der Waals surface area contributed by atoms with Gasteiger partial charge in [0.05, 0.1) is 7.11 Å². The maximum Gasteiger partial charge on any atom is 0.200 e. The highest BCUT2D eigenvalue weighted by molar-refractivity contribution is 5.49. The Labute approximate surface area is 163 Å². The summed E-state index contributed by atoms with van der Waals surface area (Å²) in [4.78, 5) is 0. The van der Waals surface area contributed by atoms with E-state index in [0.717, 1.165) is 19.2 Å². The van der Waals surface area contributed by atoms with Crippen LogP contribution in [0.1, 0.15) is 0 Å². The third-order valence-electron chi connectivity index (χ3n) is 3.20. The molecule has 0 radical (unpaired) electrons. The molecule has 0 saturated heterocycles. The van der Waals surface area contributed by atoms with Crippen molar-refractivity contribution >= 4 is 0 Å². The molecule has 0 amide bonds. The van der Waals surface area contributed by atoms with E-state index in [4.69, 9.17) is 9.84 Å². The molecule has 0 fully saturated rings. The summed E-state index contributed by atoms with van der Waals surface area (Å²) in [5.41, 5.74) is 0.295. The number of allylic oxidation sites excluding steroid dienone is 5. The van der Waals surface area contributed by atoms with Crippen LogP contribution in [0.5, 0.6) is 11.5 Å². The molecule has 0 aliphatic heterocycles. The summed E-state index contributed by atoms with van der Waals surface area (Å²) in [7, 11) is 1.16. The SMILES string of the molecule is C=C.C=C(/C=C\C(=C)C(=C)/C(F)=C(/F)C(=C)OC)COc1ccc(O)c(F)c1. The Bertz CT molecular complexity index is 820. The van der Waals surface area contributed by atoms with Crippen molar-refractivity contribution in [3.63, 3.8) is 0 Å². The smallest absolute Gasteiger partial charge is 0.200 e. The average molecular weight is 392 g/mol. The molecule has 6 heteroatoms. The number of phenols is 1. The second-order valence-electron chi connectivity index (χ2n) is 5.15. The van der Waals surface area contributed by atoms with Gasteiger partial charge in [0.1, 0.15) is 18.1 Å². The first-order valence-corrected chi connectivity index (χ1v) is 7.81. The average Bonchev–Trinajstić information content (AvgIpc) is 2.71. The molecule has 0 atom stereocenters. The summed E-state index contributed by atoms with van der Waals surface area (Å²) < 4.78 is 50.6. The summed E-state index contributed by atoms with van der Waals surface area (Å²) in [6, 6.07) is 3.58. The summed E-state index contributed by atoms with van der Waals surface area (Å²) in [5, 5.41) is 9.10. The van der Waals surface area contributed by atoms with E-state index in [2.05, 4.69) is 44.2 Å². The Morgan fingerprint density at radius 2 is 1.68 bits per heavy atom. The number of benzene rings is 1. The van der Waals surface area contributed by atoms with Crippen LogP contribution in [0.4, 0.5) is 13.2 Å². The van der Waals surface area contributed by atoms with E-state index in [-0.39, 0.29) is 23.5 Å². The third-order valence-corrected chi connectivity index (χ3v) is 3.20. The molecule has 1 rings (SSSR count). The topological polar surface area (TPSA) is 38.7 Å². The number of halogens is 3. The first-order chi connectivity index (χ1) is 13.2.